The van der Waals surface area contributed by atoms with Gasteiger partial charge in [-0.1, -0.05) is 13.8 Å². The van der Waals surface area contributed by atoms with Crippen molar-refractivity contribution >= 4 is 11.8 Å². The van der Waals surface area contributed by atoms with E-state index >= 15 is 0 Å². The van der Waals surface area contributed by atoms with Gasteiger partial charge in [-0.15, -0.1) is 0 Å². The van der Waals surface area contributed by atoms with Gasteiger partial charge in [-0.25, -0.2) is 0 Å². The Labute approximate surface area is 90.9 Å². The van der Waals surface area contributed by atoms with Crippen LogP contribution in [0.3, 0.4) is 0 Å². The second-order valence-corrected chi connectivity index (χ2v) is 4.04. The van der Waals surface area contributed by atoms with Gasteiger partial charge < -0.3 is 9.47 Å². The second kappa shape index (κ2) is 6.56. The van der Waals surface area contributed by atoms with Crippen molar-refractivity contribution in [3.8, 4) is 0 Å². The fourth-order valence-corrected chi connectivity index (χ4v) is 1.26. The van der Waals surface area contributed by atoms with E-state index in [0.29, 0.717) is 12.5 Å². The maximum Gasteiger partial charge on any atom is 0.318 e. The molecule has 4 nitrogen and oxygen atoms in total. The molecular weight excluding hydrogens is 196 g/mol. The topological polar surface area (TPSA) is 52.6 Å². The summed E-state index contributed by atoms with van der Waals surface area (Å²) in [6.07, 6.45) is -0.433. The zero-order valence-corrected chi connectivity index (χ0v) is 10.1. The zero-order valence-electron chi connectivity index (χ0n) is 10.1. The van der Waals surface area contributed by atoms with Crippen LogP contribution >= 0.6 is 0 Å². The lowest BCUT2D eigenvalue weighted by Gasteiger charge is -2.20. The van der Waals surface area contributed by atoms with E-state index in [2.05, 4.69) is 4.74 Å². The van der Waals surface area contributed by atoms with Crippen molar-refractivity contribution in [3.05, 3.63) is 0 Å². The van der Waals surface area contributed by atoms with Crippen LogP contribution in [0.4, 0.5) is 0 Å². The van der Waals surface area contributed by atoms with Crippen LogP contribution in [0.2, 0.25) is 0 Å². The lowest BCUT2D eigenvalue weighted by molar-refractivity contribution is -0.155. The van der Waals surface area contributed by atoms with Crippen LogP contribution in [-0.2, 0) is 19.1 Å². The molecule has 0 N–H and O–H groups in total. The predicted molar refractivity (Wildman–Crippen MR) is 56.4 cm³/mol. The SMILES string of the molecule is COC(=O)[C@H](C(C)=O)[C@@H](C)OCC(C)C. The van der Waals surface area contributed by atoms with E-state index in [0.717, 1.165) is 0 Å². The van der Waals surface area contributed by atoms with Gasteiger partial charge in [0, 0.05) is 6.61 Å². The van der Waals surface area contributed by atoms with Gasteiger partial charge in [0.1, 0.15) is 11.7 Å². The molecule has 88 valence electrons. The third-order valence-electron chi connectivity index (χ3n) is 2.05. The molecule has 15 heavy (non-hydrogen) atoms. The number of ketones is 1. The number of ether oxygens (including phenoxy) is 2. The van der Waals surface area contributed by atoms with Crippen molar-refractivity contribution in [3.63, 3.8) is 0 Å². The van der Waals surface area contributed by atoms with Crippen LogP contribution in [0.25, 0.3) is 0 Å². The normalized spacial score (nSPS) is 14.8. The summed E-state index contributed by atoms with van der Waals surface area (Å²) in [4.78, 5) is 22.6. The van der Waals surface area contributed by atoms with Crippen LogP contribution in [0.5, 0.6) is 0 Å². The van der Waals surface area contributed by atoms with Gasteiger partial charge in [0.05, 0.1) is 13.2 Å². The molecule has 0 aliphatic heterocycles. The Kier molecular flexibility index (Phi) is 6.17. The molecule has 0 fully saturated rings. The molecule has 0 radical (unpaired) electrons. The van der Waals surface area contributed by atoms with Crippen molar-refractivity contribution in [2.24, 2.45) is 11.8 Å². The highest BCUT2D eigenvalue weighted by molar-refractivity contribution is 5.98. The maximum absolute atomic E-state index is 11.3. The highest BCUT2D eigenvalue weighted by Crippen LogP contribution is 2.12. The number of methoxy groups -OCH3 is 1. The Morgan fingerprint density at radius 3 is 2.07 bits per heavy atom. The highest BCUT2D eigenvalue weighted by atomic mass is 16.5. The highest BCUT2D eigenvalue weighted by Gasteiger charge is 2.31. The van der Waals surface area contributed by atoms with E-state index in [4.69, 9.17) is 4.74 Å². The Bertz CT molecular complexity index is 223. The second-order valence-electron chi connectivity index (χ2n) is 4.04. The van der Waals surface area contributed by atoms with Gasteiger partial charge in [0.25, 0.3) is 0 Å². The molecule has 0 rings (SSSR count). The first-order valence-electron chi connectivity index (χ1n) is 5.10. The summed E-state index contributed by atoms with van der Waals surface area (Å²) in [5, 5.41) is 0. The molecule has 0 spiro atoms. The molecule has 0 aromatic heterocycles. The minimum absolute atomic E-state index is 0.224. The summed E-state index contributed by atoms with van der Waals surface area (Å²) >= 11 is 0. The monoisotopic (exact) mass is 216 g/mol. The average molecular weight is 216 g/mol. The van der Waals surface area contributed by atoms with Crippen LogP contribution in [0.15, 0.2) is 0 Å². The quantitative estimate of drug-likeness (QED) is 0.498. The fourth-order valence-electron chi connectivity index (χ4n) is 1.26. The molecule has 0 heterocycles. The largest absolute Gasteiger partial charge is 0.468 e. The summed E-state index contributed by atoms with van der Waals surface area (Å²) in [5.41, 5.74) is 0. The van der Waals surface area contributed by atoms with Gasteiger partial charge in [-0.3, -0.25) is 9.59 Å². The van der Waals surface area contributed by atoms with Crippen molar-refractivity contribution in [1.29, 1.82) is 0 Å². The van der Waals surface area contributed by atoms with E-state index in [1.54, 1.807) is 6.92 Å². The molecule has 0 saturated heterocycles. The van der Waals surface area contributed by atoms with E-state index in [-0.39, 0.29) is 5.78 Å². The number of carbonyl (C=O) groups excluding carboxylic acids is 2. The lowest BCUT2D eigenvalue weighted by atomic mass is 9.99. The van der Waals surface area contributed by atoms with E-state index in [9.17, 15) is 9.59 Å². The Hall–Kier alpha value is -0.900. The Morgan fingerprint density at radius 1 is 1.20 bits per heavy atom. The molecule has 4 heteroatoms. The number of rotatable bonds is 6. The maximum atomic E-state index is 11.3. The molecule has 0 aromatic rings. The molecule has 0 amide bonds. The molecule has 0 aliphatic rings. The number of hydrogen-bond acceptors (Lipinski definition) is 4. The first-order chi connectivity index (χ1) is 6.90. The van der Waals surface area contributed by atoms with E-state index < -0.39 is 18.0 Å². The van der Waals surface area contributed by atoms with Crippen molar-refractivity contribution in [1.82, 2.24) is 0 Å². The summed E-state index contributed by atoms with van der Waals surface area (Å²) in [6.45, 7) is 7.63. The lowest BCUT2D eigenvalue weighted by Crippen LogP contribution is -2.35. The minimum atomic E-state index is -0.811. The summed E-state index contributed by atoms with van der Waals surface area (Å²) in [5.74, 6) is -1.19. The molecule has 2 atom stereocenters. The van der Waals surface area contributed by atoms with Gasteiger partial charge >= 0.3 is 5.97 Å². The average Bonchev–Trinajstić information content (AvgIpc) is 2.14. The fraction of sp³-hybridized carbons (Fsp3) is 0.818. The first kappa shape index (κ1) is 14.1. The molecule has 0 bridgehead atoms. The number of Topliss-reactive ketones (excluding diaryl/α,β-unsaturated/α-hetero) is 1. The summed E-state index contributed by atoms with van der Waals surface area (Å²) < 4.78 is 9.99. The third-order valence-corrected chi connectivity index (χ3v) is 2.05. The van der Waals surface area contributed by atoms with Crippen LogP contribution in [-0.4, -0.2) is 31.6 Å². The number of hydrogen-bond donors (Lipinski definition) is 0. The first-order valence-corrected chi connectivity index (χ1v) is 5.10. The number of esters is 1. The molecule has 0 aromatic carbocycles. The smallest absolute Gasteiger partial charge is 0.318 e. The van der Waals surface area contributed by atoms with Crippen LogP contribution in [0.1, 0.15) is 27.7 Å². The van der Waals surface area contributed by atoms with Crippen LogP contribution < -0.4 is 0 Å². The zero-order chi connectivity index (χ0) is 12.0. The van der Waals surface area contributed by atoms with Crippen LogP contribution in [0, 0.1) is 11.8 Å². The number of carbonyl (C=O) groups is 2. The van der Waals surface area contributed by atoms with Gasteiger partial charge in [0.2, 0.25) is 0 Å². The van der Waals surface area contributed by atoms with Crippen molar-refractivity contribution < 1.29 is 19.1 Å². The van der Waals surface area contributed by atoms with Gasteiger partial charge in [0.15, 0.2) is 0 Å². The van der Waals surface area contributed by atoms with E-state index in [1.807, 2.05) is 13.8 Å². The van der Waals surface area contributed by atoms with Crippen molar-refractivity contribution in [2.75, 3.05) is 13.7 Å². The summed E-state index contributed by atoms with van der Waals surface area (Å²) in [6, 6.07) is 0. The van der Waals surface area contributed by atoms with Gasteiger partial charge in [-0.05, 0) is 19.8 Å². The predicted octanol–water partition coefficient (Wildman–Crippen LogP) is 1.43. The van der Waals surface area contributed by atoms with Gasteiger partial charge in [-0.2, -0.15) is 0 Å². The third kappa shape index (κ3) is 4.93. The van der Waals surface area contributed by atoms with Crippen molar-refractivity contribution in [2.45, 2.75) is 33.8 Å². The standard InChI is InChI=1S/C11H20O4/c1-7(2)6-15-9(4)10(8(3)12)11(13)14-5/h7,9-10H,6H2,1-5H3/t9-,10-/m1/s1. The molecule has 0 saturated carbocycles. The summed E-state index contributed by atoms with van der Waals surface area (Å²) in [7, 11) is 1.27. The molecule has 0 unspecified atom stereocenters. The molecular formula is C11H20O4. The Morgan fingerprint density at radius 2 is 1.73 bits per heavy atom. The van der Waals surface area contributed by atoms with E-state index in [1.165, 1.54) is 14.0 Å². The minimum Gasteiger partial charge on any atom is -0.468 e. The molecule has 0 aliphatic carbocycles. The Balaban J connectivity index is 4.36.